The Kier molecular flexibility index (Phi) is 7.12. The summed E-state index contributed by atoms with van der Waals surface area (Å²) in [5.41, 5.74) is 20.3. The lowest BCUT2D eigenvalue weighted by atomic mass is 9.70. The first-order valence-electron chi connectivity index (χ1n) is 21.9. The molecule has 2 aromatic heterocycles. The topological polar surface area (TPSA) is 51.8 Å². The van der Waals surface area contributed by atoms with E-state index in [9.17, 15) is 0 Å². The van der Waals surface area contributed by atoms with Crippen LogP contribution < -0.4 is 4.48 Å². The summed E-state index contributed by atoms with van der Waals surface area (Å²) in [5.74, 6) is 1.85. The van der Waals surface area contributed by atoms with E-state index < -0.39 is 5.41 Å². The van der Waals surface area contributed by atoms with Gasteiger partial charge in [0.25, 0.3) is 0 Å². The molecule has 0 saturated heterocycles. The summed E-state index contributed by atoms with van der Waals surface area (Å²) in [7, 11) is 2.24. The highest BCUT2D eigenvalue weighted by Gasteiger charge is 2.54. The molecule has 5 heteroatoms. The molecule has 1 atom stereocenters. The van der Waals surface area contributed by atoms with Gasteiger partial charge < -0.3 is 4.42 Å². The number of nitrogens with zero attached hydrogens (tertiary/aromatic N) is 4. The lowest BCUT2D eigenvalue weighted by Crippen LogP contribution is -2.34. The van der Waals surface area contributed by atoms with Gasteiger partial charge in [-0.1, -0.05) is 158 Å². The van der Waals surface area contributed by atoms with Crippen molar-refractivity contribution in [3.05, 3.63) is 229 Å². The van der Waals surface area contributed by atoms with Crippen LogP contribution in [0.1, 0.15) is 22.3 Å². The average molecular weight is 818 g/mol. The molecular weight excluding hydrogens is 781 g/mol. The minimum Gasteiger partial charge on any atom is -0.456 e. The van der Waals surface area contributed by atoms with Gasteiger partial charge >= 0.3 is 5.95 Å². The fourth-order valence-corrected chi connectivity index (χ4v) is 11.3. The molecule has 64 heavy (non-hydrogen) atoms. The van der Waals surface area contributed by atoms with Gasteiger partial charge in [0, 0.05) is 39.6 Å². The van der Waals surface area contributed by atoms with Gasteiger partial charge in [0.1, 0.15) is 11.2 Å². The van der Waals surface area contributed by atoms with E-state index in [0.717, 1.165) is 50.0 Å². The van der Waals surface area contributed by atoms with Gasteiger partial charge in [-0.05, 0) is 92.0 Å². The molecule has 0 saturated carbocycles. The van der Waals surface area contributed by atoms with Crippen molar-refractivity contribution in [2.24, 2.45) is 0 Å². The van der Waals surface area contributed by atoms with Gasteiger partial charge in [-0.2, -0.15) is 14.5 Å². The lowest BCUT2D eigenvalue weighted by molar-refractivity contribution is 0.600. The zero-order valence-corrected chi connectivity index (χ0v) is 34.8. The number of aromatic nitrogens is 3. The zero-order valence-electron chi connectivity index (χ0n) is 34.8. The molecular formula is C59H37N4O+. The first-order valence-corrected chi connectivity index (χ1v) is 21.9. The fraction of sp³-hybridized carbons (Fsp3) is 0.0339. The third kappa shape index (κ3) is 4.63. The van der Waals surface area contributed by atoms with Crippen molar-refractivity contribution < 1.29 is 4.42 Å². The van der Waals surface area contributed by atoms with Gasteiger partial charge in [0.15, 0.2) is 23.0 Å². The van der Waals surface area contributed by atoms with Crippen LogP contribution >= 0.6 is 0 Å². The smallest absolute Gasteiger partial charge is 0.343 e. The van der Waals surface area contributed by atoms with Gasteiger partial charge in [0.2, 0.25) is 0 Å². The third-order valence-electron chi connectivity index (χ3n) is 14.2. The van der Waals surface area contributed by atoms with Crippen molar-refractivity contribution in [2.45, 2.75) is 5.41 Å². The van der Waals surface area contributed by atoms with Crippen LogP contribution in [0.25, 0.3) is 89.2 Å². The van der Waals surface area contributed by atoms with Crippen molar-refractivity contribution in [3.63, 3.8) is 0 Å². The highest BCUT2D eigenvalue weighted by molar-refractivity contribution is 6.08. The highest BCUT2D eigenvalue weighted by Crippen LogP contribution is 2.66. The molecule has 9 aromatic carbocycles. The number of rotatable bonds is 4. The Balaban J connectivity index is 0.991. The van der Waals surface area contributed by atoms with Crippen molar-refractivity contribution in [1.29, 1.82) is 0 Å². The maximum absolute atomic E-state index is 6.54. The number of fused-ring (bicyclic) bond motifs is 16. The molecule has 0 radical (unpaired) electrons. The minimum atomic E-state index is -0.450. The molecule has 298 valence electrons. The van der Waals surface area contributed by atoms with Crippen LogP contribution in [-0.2, 0) is 5.41 Å². The molecule has 2 aliphatic carbocycles. The Hall–Kier alpha value is -8.25. The summed E-state index contributed by atoms with van der Waals surface area (Å²) < 4.78 is 6.81. The second-order valence-electron chi connectivity index (χ2n) is 17.4. The van der Waals surface area contributed by atoms with Gasteiger partial charge in [-0.15, -0.1) is 0 Å². The Morgan fingerprint density at radius 3 is 1.61 bits per heavy atom. The molecule has 0 N–H and O–H groups in total. The van der Waals surface area contributed by atoms with E-state index >= 15 is 0 Å². The van der Waals surface area contributed by atoms with E-state index in [2.05, 4.69) is 189 Å². The SMILES string of the molecule is C[N+]1(c2nc(-c3ccccc3)nc(-c3ccc4c(c3)oc3ccc(-c5ccccc5)cc34)n2)c2ccccc2-c2cc3c(cc21)-c1ccccc1C31c2ccccc2-c2ccccc21. The minimum absolute atomic E-state index is 0.269. The number of benzene rings is 9. The molecule has 0 amide bonds. The van der Waals surface area contributed by atoms with E-state index in [1.807, 2.05) is 24.3 Å². The monoisotopic (exact) mass is 817 g/mol. The standard InChI is InChI=1S/C59H37N4O/c1-63(58-61-56(37-18-6-3-7-19-37)60-57(62-58)39-28-30-44-47-32-38(36-16-4-2-5-17-36)29-31-54(47)64-55(44)33-39)52-27-15-11-23-43(52)46-34-51-45(35-53(46)63)42-22-10-14-26-50(42)59(51)48-24-12-8-20-40(48)41-21-9-13-25-49(41)59/h2-35H,1H3/q+1. The lowest BCUT2D eigenvalue weighted by Gasteiger charge is -2.31. The predicted octanol–water partition coefficient (Wildman–Crippen LogP) is 14.7. The highest BCUT2D eigenvalue weighted by atomic mass is 16.3. The quantitative estimate of drug-likeness (QED) is 0.166. The van der Waals surface area contributed by atoms with Crippen molar-refractivity contribution in [2.75, 3.05) is 7.05 Å². The summed E-state index contributed by atoms with van der Waals surface area (Å²) in [6.45, 7) is 0. The number of hydrogen-bond donors (Lipinski definition) is 0. The number of quaternary nitrogens is 1. The normalized spacial score (nSPS) is 15.8. The summed E-state index contributed by atoms with van der Waals surface area (Å²) in [5, 5.41) is 2.13. The fourth-order valence-electron chi connectivity index (χ4n) is 11.3. The predicted molar refractivity (Wildman–Crippen MR) is 259 cm³/mol. The molecule has 11 aromatic rings. The molecule has 0 bridgehead atoms. The third-order valence-corrected chi connectivity index (χ3v) is 14.2. The second-order valence-corrected chi connectivity index (χ2v) is 17.4. The Morgan fingerprint density at radius 2 is 0.922 bits per heavy atom. The second kappa shape index (κ2) is 12.9. The van der Waals surface area contributed by atoms with Gasteiger partial charge in [0.05, 0.1) is 18.0 Å². The molecule has 3 aliphatic rings. The first-order chi connectivity index (χ1) is 31.6. The Labute approximate surface area is 369 Å². The van der Waals surface area contributed by atoms with Crippen LogP contribution in [0.4, 0.5) is 17.3 Å². The van der Waals surface area contributed by atoms with E-state index in [4.69, 9.17) is 19.4 Å². The first kappa shape index (κ1) is 35.4. The van der Waals surface area contributed by atoms with E-state index in [1.54, 1.807) is 0 Å². The van der Waals surface area contributed by atoms with E-state index in [1.165, 1.54) is 61.2 Å². The van der Waals surface area contributed by atoms with Crippen molar-refractivity contribution in [1.82, 2.24) is 19.4 Å². The van der Waals surface area contributed by atoms with Crippen molar-refractivity contribution >= 4 is 39.3 Å². The van der Waals surface area contributed by atoms with Crippen LogP contribution in [0.5, 0.6) is 0 Å². The number of furan rings is 1. The molecule has 1 aliphatic heterocycles. The van der Waals surface area contributed by atoms with Crippen LogP contribution in [0.2, 0.25) is 0 Å². The number of hydrogen-bond acceptors (Lipinski definition) is 4. The molecule has 1 unspecified atom stereocenters. The summed E-state index contributed by atoms with van der Waals surface area (Å²) in [6.07, 6.45) is 0. The van der Waals surface area contributed by atoms with E-state index in [0.29, 0.717) is 17.6 Å². The largest absolute Gasteiger partial charge is 0.456 e. The van der Waals surface area contributed by atoms with Crippen LogP contribution in [0, 0.1) is 0 Å². The molecule has 1 spiro atoms. The van der Waals surface area contributed by atoms with Crippen LogP contribution in [0.3, 0.4) is 0 Å². The zero-order chi connectivity index (χ0) is 42.1. The summed E-state index contributed by atoms with van der Waals surface area (Å²) in [6, 6.07) is 74.2. The average Bonchev–Trinajstić information content (AvgIpc) is 4.06. The summed E-state index contributed by atoms with van der Waals surface area (Å²) in [4.78, 5) is 16.1. The van der Waals surface area contributed by atoms with Gasteiger partial charge in [-0.3, -0.25) is 0 Å². The molecule has 5 nitrogen and oxygen atoms in total. The Bertz CT molecular complexity index is 3710. The molecule has 14 rings (SSSR count). The molecule has 0 fully saturated rings. The maximum Gasteiger partial charge on any atom is 0.343 e. The van der Waals surface area contributed by atoms with Crippen molar-refractivity contribution in [3.8, 4) is 67.3 Å². The van der Waals surface area contributed by atoms with Gasteiger partial charge in [-0.25, -0.2) is 4.98 Å². The maximum atomic E-state index is 6.54. The molecule has 3 heterocycles. The number of para-hydroxylation sites is 1. The van der Waals surface area contributed by atoms with Crippen LogP contribution in [-0.4, -0.2) is 22.0 Å². The van der Waals surface area contributed by atoms with E-state index in [-0.39, 0.29) is 4.48 Å². The summed E-state index contributed by atoms with van der Waals surface area (Å²) >= 11 is 0. The van der Waals surface area contributed by atoms with Crippen LogP contribution in [0.15, 0.2) is 211 Å². The Morgan fingerprint density at radius 1 is 0.359 bits per heavy atom.